The van der Waals surface area contributed by atoms with Gasteiger partial charge in [-0.1, -0.05) is 24.3 Å². The quantitative estimate of drug-likeness (QED) is 0.698. The van der Waals surface area contributed by atoms with E-state index >= 15 is 0 Å². The highest BCUT2D eigenvalue weighted by Gasteiger charge is 2.08. The molecule has 0 atom stereocenters. The van der Waals surface area contributed by atoms with Gasteiger partial charge >= 0.3 is 5.97 Å². The molecule has 6 heteroatoms. The van der Waals surface area contributed by atoms with Crippen molar-refractivity contribution in [1.29, 1.82) is 0 Å². The summed E-state index contributed by atoms with van der Waals surface area (Å²) in [5.41, 5.74) is 1.94. The fourth-order valence-electron chi connectivity index (χ4n) is 2.25. The van der Waals surface area contributed by atoms with Gasteiger partial charge < -0.3 is 19.5 Å². The number of ether oxygens (including phenoxy) is 3. The molecule has 0 radical (unpaired) electrons. The zero-order valence-electron chi connectivity index (χ0n) is 15.0. The molecular formula is C20H23NO5. The van der Waals surface area contributed by atoms with E-state index in [-0.39, 0.29) is 18.9 Å². The first-order valence-electron chi connectivity index (χ1n) is 8.29. The van der Waals surface area contributed by atoms with Crippen molar-refractivity contribution in [1.82, 2.24) is 5.32 Å². The highest BCUT2D eigenvalue weighted by Crippen LogP contribution is 2.13. The minimum atomic E-state index is -0.402. The SMILES string of the molecule is COc1ccc(CCC(=O)OCC(=O)NCc2ccc(OC)cc2)cc1. The lowest BCUT2D eigenvalue weighted by Crippen LogP contribution is -2.28. The summed E-state index contributed by atoms with van der Waals surface area (Å²) in [4.78, 5) is 23.5. The summed E-state index contributed by atoms with van der Waals surface area (Å²) in [5, 5.41) is 2.71. The molecule has 0 saturated heterocycles. The van der Waals surface area contributed by atoms with Gasteiger partial charge in [0, 0.05) is 13.0 Å². The summed E-state index contributed by atoms with van der Waals surface area (Å²) in [6.07, 6.45) is 0.772. The Labute approximate surface area is 153 Å². The van der Waals surface area contributed by atoms with E-state index in [4.69, 9.17) is 14.2 Å². The second kappa shape index (κ2) is 10.1. The van der Waals surface area contributed by atoms with Crippen LogP contribution in [0, 0.1) is 0 Å². The molecule has 2 aromatic rings. The van der Waals surface area contributed by atoms with Crippen LogP contribution in [-0.2, 0) is 27.3 Å². The van der Waals surface area contributed by atoms with Crippen LogP contribution in [0.3, 0.4) is 0 Å². The Morgan fingerprint density at radius 1 is 0.846 bits per heavy atom. The molecular weight excluding hydrogens is 334 g/mol. The topological polar surface area (TPSA) is 73.9 Å². The van der Waals surface area contributed by atoms with E-state index in [1.54, 1.807) is 14.2 Å². The van der Waals surface area contributed by atoms with Gasteiger partial charge in [-0.05, 0) is 41.8 Å². The molecule has 1 amide bonds. The number of nitrogens with one attached hydrogen (secondary N) is 1. The molecule has 0 heterocycles. The van der Waals surface area contributed by atoms with Crippen LogP contribution >= 0.6 is 0 Å². The van der Waals surface area contributed by atoms with Gasteiger partial charge in [0.05, 0.1) is 14.2 Å². The molecule has 2 rings (SSSR count). The van der Waals surface area contributed by atoms with E-state index in [1.165, 1.54) is 0 Å². The number of carbonyl (C=O) groups is 2. The number of esters is 1. The highest BCUT2D eigenvalue weighted by molar-refractivity contribution is 5.80. The summed E-state index contributed by atoms with van der Waals surface area (Å²) >= 11 is 0. The molecule has 26 heavy (non-hydrogen) atoms. The molecule has 0 saturated carbocycles. The summed E-state index contributed by atoms with van der Waals surface area (Å²) in [6.45, 7) is 0.0871. The number of rotatable bonds is 9. The maximum absolute atomic E-state index is 11.8. The maximum Gasteiger partial charge on any atom is 0.306 e. The van der Waals surface area contributed by atoms with Crippen molar-refractivity contribution >= 4 is 11.9 Å². The van der Waals surface area contributed by atoms with Crippen molar-refractivity contribution in [2.24, 2.45) is 0 Å². The predicted octanol–water partition coefficient (Wildman–Crippen LogP) is 2.50. The average Bonchev–Trinajstić information content (AvgIpc) is 2.69. The van der Waals surface area contributed by atoms with Crippen molar-refractivity contribution in [3.8, 4) is 11.5 Å². The smallest absolute Gasteiger partial charge is 0.306 e. The Hall–Kier alpha value is -3.02. The third kappa shape index (κ3) is 6.47. The predicted molar refractivity (Wildman–Crippen MR) is 97.1 cm³/mol. The Balaban J connectivity index is 1.64. The number of carbonyl (C=O) groups excluding carboxylic acids is 2. The number of methoxy groups -OCH3 is 2. The lowest BCUT2D eigenvalue weighted by molar-refractivity contribution is -0.148. The Morgan fingerprint density at radius 2 is 1.38 bits per heavy atom. The molecule has 1 N–H and O–H groups in total. The van der Waals surface area contributed by atoms with Gasteiger partial charge in [-0.3, -0.25) is 9.59 Å². The minimum absolute atomic E-state index is 0.220. The Kier molecular flexibility index (Phi) is 7.49. The number of hydrogen-bond donors (Lipinski definition) is 1. The first kappa shape index (κ1) is 19.3. The van der Waals surface area contributed by atoms with E-state index < -0.39 is 5.97 Å². The van der Waals surface area contributed by atoms with Crippen molar-refractivity contribution in [3.05, 3.63) is 59.7 Å². The van der Waals surface area contributed by atoms with Gasteiger partial charge in [0.1, 0.15) is 11.5 Å². The third-order valence-electron chi connectivity index (χ3n) is 3.79. The summed E-state index contributed by atoms with van der Waals surface area (Å²) < 4.78 is 15.2. The molecule has 6 nitrogen and oxygen atoms in total. The molecule has 0 aliphatic rings. The van der Waals surface area contributed by atoms with Crippen LogP contribution in [0.1, 0.15) is 17.5 Å². The van der Waals surface area contributed by atoms with Gasteiger partial charge in [-0.2, -0.15) is 0 Å². The van der Waals surface area contributed by atoms with Crippen molar-refractivity contribution in [2.75, 3.05) is 20.8 Å². The summed E-state index contributed by atoms with van der Waals surface area (Å²) in [5.74, 6) is 0.787. The second-order valence-electron chi connectivity index (χ2n) is 5.63. The first-order chi connectivity index (χ1) is 12.6. The average molecular weight is 357 g/mol. The normalized spacial score (nSPS) is 10.1. The fraction of sp³-hybridized carbons (Fsp3) is 0.300. The Bertz CT molecular complexity index is 646. The van der Waals surface area contributed by atoms with Gasteiger partial charge in [0.15, 0.2) is 6.61 Å². The van der Waals surface area contributed by atoms with Crippen LogP contribution in [0.25, 0.3) is 0 Å². The lowest BCUT2D eigenvalue weighted by atomic mass is 10.1. The van der Waals surface area contributed by atoms with E-state index in [1.807, 2.05) is 48.5 Å². The van der Waals surface area contributed by atoms with E-state index in [0.717, 1.165) is 22.6 Å². The van der Waals surface area contributed by atoms with Gasteiger partial charge in [-0.25, -0.2) is 0 Å². The van der Waals surface area contributed by atoms with Crippen molar-refractivity contribution in [2.45, 2.75) is 19.4 Å². The van der Waals surface area contributed by atoms with E-state index in [0.29, 0.717) is 13.0 Å². The molecule has 0 unspecified atom stereocenters. The largest absolute Gasteiger partial charge is 0.497 e. The summed E-state index contributed by atoms with van der Waals surface area (Å²) in [7, 11) is 3.20. The van der Waals surface area contributed by atoms with Crippen LogP contribution in [0.4, 0.5) is 0 Å². The van der Waals surface area contributed by atoms with Gasteiger partial charge in [-0.15, -0.1) is 0 Å². The molecule has 0 aromatic heterocycles. The van der Waals surface area contributed by atoms with Crippen molar-refractivity contribution in [3.63, 3.8) is 0 Å². The molecule has 0 bridgehead atoms. The number of hydrogen-bond acceptors (Lipinski definition) is 5. The first-order valence-corrected chi connectivity index (χ1v) is 8.29. The van der Waals surface area contributed by atoms with Crippen molar-refractivity contribution < 1.29 is 23.8 Å². The lowest BCUT2D eigenvalue weighted by Gasteiger charge is -2.08. The standard InChI is InChI=1S/C20H23NO5/c1-24-17-8-3-15(4-9-17)7-12-20(23)26-14-19(22)21-13-16-5-10-18(25-2)11-6-16/h3-6,8-11H,7,12-14H2,1-2H3,(H,21,22). The molecule has 0 fully saturated rings. The minimum Gasteiger partial charge on any atom is -0.497 e. The second-order valence-corrected chi connectivity index (χ2v) is 5.63. The monoisotopic (exact) mass is 357 g/mol. The zero-order chi connectivity index (χ0) is 18.8. The summed E-state index contributed by atoms with van der Waals surface area (Å²) in [6, 6.07) is 14.8. The van der Waals surface area contributed by atoms with Gasteiger partial charge in [0.2, 0.25) is 0 Å². The third-order valence-corrected chi connectivity index (χ3v) is 3.79. The highest BCUT2D eigenvalue weighted by atomic mass is 16.5. The van der Waals surface area contributed by atoms with Gasteiger partial charge in [0.25, 0.3) is 5.91 Å². The number of aryl methyl sites for hydroxylation is 1. The Morgan fingerprint density at radius 3 is 1.92 bits per heavy atom. The fourth-order valence-corrected chi connectivity index (χ4v) is 2.25. The van der Waals surface area contributed by atoms with Crippen LogP contribution in [-0.4, -0.2) is 32.7 Å². The molecule has 0 aliphatic heterocycles. The molecule has 0 aliphatic carbocycles. The van der Waals surface area contributed by atoms with Crippen LogP contribution in [0.2, 0.25) is 0 Å². The van der Waals surface area contributed by atoms with E-state index in [2.05, 4.69) is 5.32 Å². The van der Waals surface area contributed by atoms with E-state index in [9.17, 15) is 9.59 Å². The number of amides is 1. The maximum atomic E-state index is 11.8. The number of benzene rings is 2. The molecule has 2 aromatic carbocycles. The molecule has 138 valence electrons. The van der Waals surface area contributed by atoms with Crippen LogP contribution in [0.5, 0.6) is 11.5 Å². The van der Waals surface area contributed by atoms with Crippen LogP contribution < -0.4 is 14.8 Å². The van der Waals surface area contributed by atoms with Crippen LogP contribution in [0.15, 0.2) is 48.5 Å². The zero-order valence-corrected chi connectivity index (χ0v) is 15.0. The molecule has 0 spiro atoms.